The molecule has 3 N–H and O–H groups in total. The average molecular weight is 214 g/mol. The third-order valence-electron chi connectivity index (χ3n) is 0. The van der Waals surface area contributed by atoms with E-state index >= 15 is 0 Å². The Labute approximate surface area is 53.5 Å². The van der Waals surface area contributed by atoms with E-state index in [1.54, 1.807) is 0 Å². The van der Waals surface area contributed by atoms with Gasteiger partial charge in [-0.25, -0.2) is 0 Å². The monoisotopic (exact) mass is 214 g/mol. The smallest absolute Gasteiger partial charge is 0 e. The molecular formula is H3AsFeO5. The van der Waals surface area contributed by atoms with Crippen molar-refractivity contribution in [2.24, 2.45) is 0 Å². The van der Waals surface area contributed by atoms with Crippen molar-refractivity contribution >= 4 is 14.5 Å². The largest absolute Gasteiger partial charge is 0 e. The third-order valence-corrected chi connectivity index (χ3v) is 0. The Kier molecular flexibility index (Phi) is 10.9. The molecule has 0 bridgehead atoms. The Morgan fingerprint density at radius 2 is 1.14 bits per heavy atom. The second kappa shape index (κ2) is 4.87. The van der Waals surface area contributed by atoms with Crippen LogP contribution in [0.4, 0.5) is 0 Å². The molecule has 0 rings (SSSR count). The molecule has 0 aliphatic carbocycles. The quantitative estimate of drug-likeness (QED) is 0.394. The Hall–Kier alpha value is 0.718. The van der Waals surface area contributed by atoms with Gasteiger partial charge in [0.1, 0.15) is 0 Å². The minimum absolute atomic E-state index is 0. The average Bonchev–Trinajstić information content (AvgIpc) is 0.722. The summed E-state index contributed by atoms with van der Waals surface area (Å²) in [5.41, 5.74) is 0. The van der Waals surface area contributed by atoms with Crippen LogP contribution in [0, 0.1) is 0 Å². The van der Waals surface area contributed by atoms with E-state index in [4.69, 9.17) is 16.0 Å². The maximum atomic E-state index is 8.94. The van der Waals surface area contributed by atoms with Crippen LogP contribution in [0.25, 0.3) is 0 Å². The molecule has 0 aromatic carbocycles. The van der Waals surface area contributed by atoms with Crippen LogP contribution in [-0.4, -0.2) is 26.8 Å². The molecule has 46 valence electrons. The fourth-order valence-corrected chi connectivity index (χ4v) is 0. The summed E-state index contributed by atoms with van der Waals surface area (Å²) in [6.45, 7) is 0. The van der Waals surface area contributed by atoms with Gasteiger partial charge >= 0.3 is 30.5 Å². The van der Waals surface area contributed by atoms with E-state index in [9.17, 15) is 0 Å². The van der Waals surface area contributed by atoms with Crippen LogP contribution in [0.5, 0.6) is 0 Å². The molecule has 0 fully saturated rings. The normalized spacial score (nSPS) is 8.43. The molecule has 7 heavy (non-hydrogen) atoms. The summed E-state index contributed by atoms with van der Waals surface area (Å²) in [6.07, 6.45) is 0. The molecule has 0 atom stereocenters. The molecule has 0 aliphatic heterocycles. The van der Waals surface area contributed by atoms with E-state index in [1.165, 1.54) is 0 Å². The topological polar surface area (TPSA) is 106 Å². The van der Waals surface area contributed by atoms with Gasteiger partial charge in [0.2, 0.25) is 0 Å². The van der Waals surface area contributed by atoms with Gasteiger partial charge in [-0.2, -0.15) is 0 Å². The third kappa shape index (κ3) is 290. The number of hydrogen-bond donors (Lipinski definition) is 3. The molecule has 0 saturated carbocycles. The summed E-state index contributed by atoms with van der Waals surface area (Å²) in [5.74, 6) is 0. The molecule has 0 spiro atoms. The molecule has 0 saturated heterocycles. The zero-order valence-electron chi connectivity index (χ0n) is 2.96. The van der Waals surface area contributed by atoms with E-state index in [0.717, 1.165) is 0 Å². The minimum atomic E-state index is -5.12. The van der Waals surface area contributed by atoms with Gasteiger partial charge in [-0.15, -0.1) is 0 Å². The maximum Gasteiger partial charge on any atom is 0 e. The van der Waals surface area contributed by atoms with Gasteiger partial charge in [-0.05, 0) is 0 Å². The summed E-state index contributed by atoms with van der Waals surface area (Å²) < 4.78 is 30.7. The summed E-state index contributed by atoms with van der Waals surface area (Å²) >= 11 is -5.12. The number of rotatable bonds is 0. The SMILES string of the molecule is O=[As](O)(O)O.[Fe].[O]. The van der Waals surface area contributed by atoms with E-state index < -0.39 is 14.5 Å². The van der Waals surface area contributed by atoms with Crippen LogP contribution in [-0.2, 0) is 26.3 Å². The van der Waals surface area contributed by atoms with Crippen LogP contribution in [0.3, 0.4) is 0 Å². The van der Waals surface area contributed by atoms with Gasteiger partial charge in [0.05, 0.1) is 0 Å². The van der Waals surface area contributed by atoms with Crippen LogP contribution in [0.2, 0.25) is 0 Å². The molecule has 0 aromatic heterocycles. The van der Waals surface area contributed by atoms with Crippen molar-refractivity contribution in [1.29, 1.82) is 0 Å². The van der Waals surface area contributed by atoms with Gasteiger partial charge in [-0.3, -0.25) is 0 Å². The van der Waals surface area contributed by atoms with E-state index in [0.29, 0.717) is 0 Å². The van der Waals surface area contributed by atoms with Crippen LogP contribution in [0.15, 0.2) is 0 Å². The Morgan fingerprint density at radius 3 is 1.14 bits per heavy atom. The second-order valence-corrected chi connectivity index (χ2v) is 2.67. The van der Waals surface area contributed by atoms with Gasteiger partial charge < -0.3 is 0 Å². The van der Waals surface area contributed by atoms with Crippen molar-refractivity contribution in [3.05, 3.63) is 0 Å². The van der Waals surface area contributed by atoms with E-state index in [2.05, 4.69) is 0 Å². The standard InChI is InChI=1S/AsH3O4.Fe.O/c2-1(3,4)5;;/h(H3,2,3,4,5);;. The second-order valence-electron chi connectivity index (χ2n) is 0.513. The van der Waals surface area contributed by atoms with Gasteiger partial charge in [0.25, 0.3) is 0 Å². The first-order valence-corrected chi connectivity index (χ1v) is 4.07. The van der Waals surface area contributed by atoms with Gasteiger partial charge in [-0.1, -0.05) is 0 Å². The van der Waals surface area contributed by atoms with Crippen molar-refractivity contribution in [3.8, 4) is 0 Å². The maximum absolute atomic E-state index is 8.94. The van der Waals surface area contributed by atoms with E-state index in [-0.39, 0.29) is 22.5 Å². The molecule has 0 unspecified atom stereocenters. The molecule has 0 heterocycles. The van der Waals surface area contributed by atoms with Crippen LogP contribution >= 0.6 is 0 Å². The molecule has 2 radical (unpaired) electrons. The molecule has 0 amide bonds. The summed E-state index contributed by atoms with van der Waals surface area (Å²) in [6, 6.07) is 0. The fourth-order valence-electron chi connectivity index (χ4n) is 0. The molecule has 0 aromatic rings. The van der Waals surface area contributed by atoms with Crippen molar-refractivity contribution in [3.63, 3.8) is 0 Å². The van der Waals surface area contributed by atoms with Crippen molar-refractivity contribution in [2.75, 3.05) is 0 Å². The first-order chi connectivity index (χ1) is 2.00. The summed E-state index contributed by atoms with van der Waals surface area (Å²) in [5, 5.41) is 0. The minimum Gasteiger partial charge on any atom is 0 e. The van der Waals surface area contributed by atoms with Crippen molar-refractivity contribution < 1.29 is 38.6 Å². The molecular weight excluding hydrogens is 211 g/mol. The first-order valence-electron chi connectivity index (χ1n) is 0.783. The number of hydrogen-bond acceptors (Lipinski definition) is 1. The zero-order chi connectivity index (χ0) is 4.50. The Bertz CT molecular complexity index is 54.2. The Balaban J connectivity index is -0.0000000800. The van der Waals surface area contributed by atoms with Crippen molar-refractivity contribution in [2.45, 2.75) is 0 Å². The molecule has 5 nitrogen and oxygen atoms in total. The summed E-state index contributed by atoms with van der Waals surface area (Å²) in [7, 11) is 0. The zero-order valence-corrected chi connectivity index (χ0v) is 5.94. The van der Waals surface area contributed by atoms with Crippen LogP contribution in [0.1, 0.15) is 0 Å². The van der Waals surface area contributed by atoms with Crippen molar-refractivity contribution in [1.82, 2.24) is 0 Å². The van der Waals surface area contributed by atoms with Gasteiger partial charge in [0.15, 0.2) is 0 Å². The van der Waals surface area contributed by atoms with Gasteiger partial charge in [0, 0.05) is 22.5 Å². The fraction of sp³-hybridized carbons (Fsp3) is 0. The first kappa shape index (κ1) is 15.6. The van der Waals surface area contributed by atoms with E-state index in [1.807, 2.05) is 0 Å². The predicted molar refractivity (Wildman–Crippen MR) is 13.8 cm³/mol. The molecule has 0 aliphatic rings. The van der Waals surface area contributed by atoms with Crippen LogP contribution < -0.4 is 0 Å². The molecule has 7 heteroatoms. The predicted octanol–water partition coefficient (Wildman–Crippen LogP) is -2.29. The Morgan fingerprint density at radius 1 is 1.14 bits per heavy atom. The summed E-state index contributed by atoms with van der Waals surface area (Å²) in [4.78, 5) is 0.